The summed E-state index contributed by atoms with van der Waals surface area (Å²) in [5, 5.41) is 13.9. The van der Waals surface area contributed by atoms with Crippen LogP contribution in [0.3, 0.4) is 0 Å². The fourth-order valence-electron chi connectivity index (χ4n) is 2.46. The third-order valence-electron chi connectivity index (χ3n) is 3.57. The van der Waals surface area contributed by atoms with Crippen molar-refractivity contribution in [2.45, 2.75) is 11.4 Å². The molecule has 2 atom stereocenters. The van der Waals surface area contributed by atoms with Crippen LogP contribution in [0.1, 0.15) is 0 Å². The molecule has 2 aliphatic heterocycles. The number of hydrogen-bond acceptors (Lipinski definition) is 9. The minimum absolute atomic E-state index is 0.129. The second-order valence-corrected chi connectivity index (χ2v) is 7.02. The first-order valence-corrected chi connectivity index (χ1v) is 8.85. The average Bonchev–Trinajstić information content (AvgIpc) is 3.02. The Labute approximate surface area is 149 Å². The molecule has 3 heterocycles. The normalized spacial score (nSPS) is 22.2. The number of carbonyl (C=O) groups is 3. The van der Waals surface area contributed by atoms with Gasteiger partial charge in [0.2, 0.25) is 0 Å². The molecule has 0 aliphatic carbocycles. The van der Waals surface area contributed by atoms with Gasteiger partial charge in [-0.05, 0) is 0 Å². The molecule has 132 valence electrons. The molecule has 2 amide bonds. The van der Waals surface area contributed by atoms with Crippen molar-refractivity contribution in [2.24, 2.45) is 5.16 Å². The molecule has 3 rings (SSSR count). The van der Waals surface area contributed by atoms with Crippen molar-refractivity contribution in [3.05, 3.63) is 17.2 Å². The molecule has 1 aromatic heterocycles. The van der Waals surface area contributed by atoms with Crippen LogP contribution in [0.4, 0.5) is 10.9 Å². The van der Waals surface area contributed by atoms with Gasteiger partial charge in [0.1, 0.15) is 30.6 Å². The molecule has 1 saturated heterocycles. The third-order valence-corrected chi connectivity index (χ3v) is 5.54. The summed E-state index contributed by atoms with van der Waals surface area (Å²) in [6, 6.07) is -0.825. The van der Waals surface area contributed by atoms with Crippen LogP contribution >= 0.6 is 23.1 Å². The highest BCUT2D eigenvalue weighted by atomic mass is 32.2. The number of β-lactam (4-membered cyclic amide) rings is 1. The first-order valence-electron chi connectivity index (χ1n) is 6.92. The number of rotatable bonds is 5. The summed E-state index contributed by atoms with van der Waals surface area (Å²) >= 11 is 2.40. The van der Waals surface area contributed by atoms with E-state index in [1.54, 1.807) is 5.38 Å². The molecule has 10 nitrogen and oxygen atoms in total. The van der Waals surface area contributed by atoms with Gasteiger partial charge >= 0.3 is 5.97 Å². The number of hydrogen-bond donors (Lipinski definition) is 2. The lowest BCUT2D eigenvalue weighted by molar-refractivity contribution is -0.142. The number of nitrogens with two attached hydrogens (primary N) is 1. The summed E-state index contributed by atoms with van der Waals surface area (Å²) < 4.78 is 0. The molecule has 1 unspecified atom stereocenters. The number of nitrogen functional groups attached to an aromatic ring is 1. The van der Waals surface area contributed by atoms with Gasteiger partial charge in [0.05, 0.1) is 5.57 Å². The molecule has 25 heavy (non-hydrogen) atoms. The van der Waals surface area contributed by atoms with E-state index >= 15 is 0 Å². The molecule has 0 saturated carbocycles. The topological polar surface area (TPSA) is 138 Å². The van der Waals surface area contributed by atoms with Crippen LogP contribution in [0.5, 0.6) is 0 Å². The zero-order chi connectivity index (χ0) is 18.1. The summed E-state index contributed by atoms with van der Waals surface area (Å²) in [6.07, 6.45) is 2.25. The van der Waals surface area contributed by atoms with Gasteiger partial charge in [-0.3, -0.25) is 14.5 Å². The Morgan fingerprint density at radius 3 is 2.96 bits per heavy atom. The lowest BCUT2D eigenvalue weighted by Gasteiger charge is -2.50. The van der Waals surface area contributed by atoms with E-state index in [0.29, 0.717) is 0 Å². The van der Waals surface area contributed by atoms with Crippen LogP contribution in [-0.2, 0) is 19.2 Å². The Balaban J connectivity index is 1.91. The first kappa shape index (κ1) is 17.2. The van der Waals surface area contributed by atoms with Crippen molar-refractivity contribution in [1.82, 2.24) is 9.88 Å². The zero-order valence-electron chi connectivity index (χ0n) is 12.9. The largest absolute Gasteiger partial charge is 0.478 e. The predicted octanol–water partition coefficient (Wildman–Crippen LogP) is -0.0573. The van der Waals surface area contributed by atoms with Gasteiger partial charge in [-0.2, -0.15) is 0 Å². The van der Waals surface area contributed by atoms with E-state index in [9.17, 15) is 14.4 Å². The van der Waals surface area contributed by atoms with Crippen LogP contribution < -0.4 is 10.6 Å². The lowest BCUT2D eigenvalue weighted by Crippen LogP contribution is -2.70. The molecule has 1 fully saturated rings. The number of carbonyl (C=O) groups excluding carboxylic acids is 2. The number of fused-ring (bicyclic) bond motifs is 1. The van der Waals surface area contributed by atoms with Gasteiger partial charge in [0.15, 0.2) is 5.13 Å². The summed E-state index contributed by atoms with van der Waals surface area (Å²) in [7, 11) is 1.29. The number of carboxylic acids is 1. The third kappa shape index (κ3) is 3.05. The summed E-state index contributed by atoms with van der Waals surface area (Å²) in [5.41, 5.74) is 5.76. The molecular formula is C13H13N5O5S2. The summed E-state index contributed by atoms with van der Waals surface area (Å²) in [4.78, 5) is 47.1. The van der Waals surface area contributed by atoms with E-state index in [4.69, 9.17) is 10.8 Å². The van der Waals surface area contributed by atoms with Crippen molar-refractivity contribution < 1.29 is 24.3 Å². The number of anilines is 2. The smallest absolute Gasteiger partial charge is 0.333 e. The molecular weight excluding hydrogens is 370 g/mol. The molecule has 0 radical (unpaired) electrons. The van der Waals surface area contributed by atoms with Gasteiger partial charge in [-0.15, -0.1) is 23.1 Å². The van der Waals surface area contributed by atoms with Crippen LogP contribution in [-0.4, -0.2) is 63.3 Å². The quantitative estimate of drug-likeness (QED) is 0.410. The fraction of sp³-hybridized carbons (Fsp3) is 0.308. The number of aromatic nitrogens is 1. The van der Waals surface area contributed by atoms with Gasteiger partial charge in [0, 0.05) is 17.3 Å². The van der Waals surface area contributed by atoms with Gasteiger partial charge < -0.3 is 20.6 Å². The fourth-order valence-corrected chi connectivity index (χ4v) is 4.29. The molecule has 0 aromatic carbocycles. The van der Waals surface area contributed by atoms with Gasteiger partial charge in [-0.1, -0.05) is 5.16 Å². The Kier molecular flexibility index (Phi) is 4.63. The monoisotopic (exact) mass is 383 g/mol. The predicted molar refractivity (Wildman–Crippen MR) is 92.1 cm³/mol. The number of nitrogens with zero attached hydrogens (tertiary/aromatic N) is 4. The number of amides is 2. The number of thiazole rings is 1. The van der Waals surface area contributed by atoms with Gasteiger partial charge in [0.25, 0.3) is 11.8 Å². The lowest BCUT2D eigenvalue weighted by atomic mass is 10.0. The van der Waals surface area contributed by atoms with E-state index in [1.165, 1.54) is 34.9 Å². The van der Waals surface area contributed by atoms with Crippen LogP contribution in [0, 0.1) is 0 Å². The highest BCUT2D eigenvalue weighted by Gasteiger charge is 2.54. The molecule has 0 bridgehead atoms. The van der Waals surface area contributed by atoms with Crippen LogP contribution in [0.2, 0.25) is 0 Å². The Morgan fingerprint density at radius 2 is 2.36 bits per heavy atom. The molecule has 2 aliphatic rings. The average molecular weight is 383 g/mol. The van der Waals surface area contributed by atoms with Crippen LogP contribution in [0.15, 0.2) is 22.3 Å². The number of carboxylic acid groups (broad SMARTS) is 1. The Hall–Kier alpha value is -2.60. The summed E-state index contributed by atoms with van der Waals surface area (Å²) in [5.74, 6) is -1.59. The standard InChI is InChI=1S/C13H13N5O5S2/c1-23-15-2-8(19)18(7-5-25-13(14)16-7)9-10(20)17-3-6(12(21)22)4-24-11(9)17/h2-3,5,9,11H,4H2,1H3,(H2,14,16)(H,21,22)/t9?,11-/m1/s1. The highest BCUT2D eigenvalue weighted by molar-refractivity contribution is 8.00. The maximum absolute atomic E-state index is 12.5. The number of thioether (sulfide) groups is 1. The minimum Gasteiger partial charge on any atom is -0.478 e. The Morgan fingerprint density at radius 1 is 1.60 bits per heavy atom. The van der Waals surface area contributed by atoms with E-state index in [2.05, 4.69) is 15.0 Å². The second kappa shape index (κ2) is 6.72. The SMILES string of the molecule is CON=CC(=O)N(c1csc(N)n1)C1C(=O)N2C=C(C(=O)O)CS[C@H]12. The van der Waals surface area contributed by atoms with Crippen molar-refractivity contribution in [2.75, 3.05) is 23.5 Å². The van der Waals surface area contributed by atoms with Gasteiger partial charge in [-0.25, -0.2) is 9.78 Å². The van der Waals surface area contributed by atoms with E-state index in [-0.39, 0.29) is 22.3 Å². The van der Waals surface area contributed by atoms with E-state index in [0.717, 1.165) is 17.6 Å². The first-order chi connectivity index (χ1) is 11.9. The zero-order valence-corrected chi connectivity index (χ0v) is 14.5. The minimum atomic E-state index is -1.07. The second-order valence-electron chi connectivity index (χ2n) is 5.02. The maximum Gasteiger partial charge on any atom is 0.333 e. The maximum atomic E-state index is 12.5. The van der Waals surface area contributed by atoms with Crippen molar-refractivity contribution in [3.63, 3.8) is 0 Å². The Bertz CT molecular complexity index is 792. The molecule has 12 heteroatoms. The van der Waals surface area contributed by atoms with Crippen LogP contribution in [0.25, 0.3) is 0 Å². The van der Waals surface area contributed by atoms with E-state index in [1.807, 2.05) is 0 Å². The molecule has 0 spiro atoms. The van der Waals surface area contributed by atoms with Crippen molar-refractivity contribution in [3.8, 4) is 0 Å². The number of aliphatic carboxylic acids is 1. The van der Waals surface area contributed by atoms with E-state index < -0.39 is 29.2 Å². The molecule has 1 aromatic rings. The highest BCUT2D eigenvalue weighted by Crippen LogP contribution is 2.40. The number of oxime groups is 1. The van der Waals surface area contributed by atoms with Crippen molar-refractivity contribution in [1.29, 1.82) is 0 Å². The van der Waals surface area contributed by atoms with Crippen molar-refractivity contribution >= 4 is 58.0 Å². The molecule has 3 N–H and O–H groups in total. The summed E-state index contributed by atoms with van der Waals surface area (Å²) in [6.45, 7) is 0.